The van der Waals surface area contributed by atoms with Gasteiger partial charge in [0.15, 0.2) is 0 Å². The summed E-state index contributed by atoms with van der Waals surface area (Å²) < 4.78 is 19.4. The van der Waals surface area contributed by atoms with Crippen molar-refractivity contribution in [3.8, 4) is 17.4 Å². The van der Waals surface area contributed by atoms with Gasteiger partial charge in [-0.1, -0.05) is 11.6 Å². The van der Waals surface area contributed by atoms with Crippen LogP contribution < -0.4 is 5.32 Å². The minimum absolute atomic E-state index is 0.00969. The van der Waals surface area contributed by atoms with E-state index in [0.29, 0.717) is 0 Å². The van der Waals surface area contributed by atoms with E-state index < -0.39 is 38.5 Å². The number of rotatable bonds is 6. The van der Waals surface area contributed by atoms with Crippen LogP contribution in [0.2, 0.25) is 5.02 Å². The monoisotopic (exact) mass is 456 g/mol. The normalized spacial score (nSPS) is 11.0. The molecule has 10 nitrogen and oxygen atoms in total. The van der Waals surface area contributed by atoms with Crippen LogP contribution in [0.4, 0.5) is 21.5 Å². The Morgan fingerprint density at radius 3 is 2.53 bits per heavy atom. The Morgan fingerprint density at radius 2 is 1.88 bits per heavy atom. The maximum atomic E-state index is 13.9. The van der Waals surface area contributed by atoms with Crippen LogP contribution in [0.3, 0.4) is 0 Å². The molecule has 0 spiro atoms. The summed E-state index contributed by atoms with van der Waals surface area (Å²) in [7, 11) is 0. The number of benzene rings is 2. The second-order valence-electron chi connectivity index (χ2n) is 6.17. The molecule has 0 saturated heterocycles. The first kappa shape index (κ1) is 22.1. The van der Waals surface area contributed by atoms with Gasteiger partial charge in [0.05, 0.1) is 21.1 Å². The number of nitro groups is 2. The molecule has 1 heterocycles. The van der Waals surface area contributed by atoms with E-state index in [1.54, 1.807) is 6.07 Å². The highest BCUT2D eigenvalue weighted by Gasteiger charge is 2.20. The number of nitrogens with zero attached hydrogens (tertiary/aromatic N) is 3. The molecule has 0 radical (unpaired) electrons. The van der Waals surface area contributed by atoms with Crippen LogP contribution in [0.5, 0.6) is 0 Å². The summed E-state index contributed by atoms with van der Waals surface area (Å²) in [5, 5.41) is 33.6. The quantitative estimate of drug-likeness (QED) is 0.234. The summed E-state index contributed by atoms with van der Waals surface area (Å²) in [4.78, 5) is 33.0. The molecule has 1 N–H and O–H groups in total. The lowest BCUT2D eigenvalue weighted by Gasteiger charge is -2.05. The largest absolute Gasteiger partial charge is 0.456 e. The molecule has 1 amide bonds. The van der Waals surface area contributed by atoms with Gasteiger partial charge in [-0.3, -0.25) is 25.0 Å². The molecule has 0 bridgehead atoms. The summed E-state index contributed by atoms with van der Waals surface area (Å²) in [6.07, 6.45) is 1.04. The van der Waals surface area contributed by atoms with Crippen LogP contribution in [-0.2, 0) is 4.79 Å². The van der Waals surface area contributed by atoms with Gasteiger partial charge in [-0.05, 0) is 30.3 Å². The molecule has 0 unspecified atom stereocenters. The molecule has 1 aromatic heterocycles. The summed E-state index contributed by atoms with van der Waals surface area (Å²) in [6.45, 7) is 0. The fourth-order valence-corrected chi connectivity index (χ4v) is 2.81. The Kier molecular flexibility index (Phi) is 6.27. The van der Waals surface area contributed by atoms with E-state index in [9.17, 15) is 34.7 Å². The van der Waals surface area contributed by atoms with Crippen molar-refractivity contribution in [3.63, 3.8) is 0 Å². The van der Waals surface area contributed by atoms with Gasteiger partial charge in [0, 0.05) is 29.3 Å². The first-order valence-electron chi connectivity index (χ1n) is 8.61. The third-order valence-electron chi connectivity index (χ3n) is 4.11. The van der Waals surface area contributed by atoms with Crippen molar-refractivity contribution < 1.29 is 23.4 Å². The van der Waals surface area contributed by atoms with Gasteiger partial charge in [-0.25, -0.2) is 4.39 Å². The van der Waals surface area contributed by atoms with Crippen molar-refractivity contribution in [2.75, 3.05) is 5.32 Å². The summed E-state index contributed by atoms with van der Waals surface area (Å²) in [5.41, 5.74) is -1.61. The van der Waals surface area contributed by atoms with Crippen LogP contribution in [0.15, 0.2) is 58.5 Å². The van der Waals surface area contributed by atoms with E-state index in [4.69, 9.17) is 16.0 Å². The number of anilines is 1. The van der Waals surface area contributed by atoms with Gasteiger partial charge >= 0.3 is 0 Å². The summed E-state index contributed by atoms with van der Waals surface area (Å²) in [6, 6.07) is 10.9. The molecule has 0 saturated carbocycles. The molecule has 0 atom stereocenters. The Morgan fingerprint density at radius 1 is 1.12 bits per heavy atom. The SMILES string of the molecule is N#C/C(=C\c1ccc(-c2ccc(Cl)cc2[N+](=O)[O-])o1)C(=O)Nc1cc([N+](=O)[O-])ccc1F. The average Bonchev–Trinajstić information content (AvgIpc) is 3.21. The zero-order valence-corrected chi connectivity index (χ0v) is 16.5. The van der Waals surface area contributed by atoms with Crippen molar-refractivity contribution in [3.05, 3.63) is 90.9 Å². The minimum Gasteiger partial charge on any atom is -0.456 e. The molecule has 32 heavy (non-hydrogen) atoms. The lowest BCUT2D eigenvalue weighted by Crippen LogP contribution is -2.14. The molecular weight excluding hydrogens is 447 g/mol. The molecule has 0 aliphatic rings. The van der Waals surface area contributed by atoms with Gasteiger partial charge in [0.25, 0.3) is 17.3 Å². The number of hydrogen-bond donors (Lipinski definition) is 1. The molecule has 160 valence electrons. The first-order chi connectivity index (χ1) is 15.2. The number of nitrogens with one attached hydrogen (secondary N) is 1. The predicted molar refractivity (Wildman–Crippen MR) is 111 cm³/mol. The molecule has 0 aliphatic carbocycles. The molecule has 3 aromatic rings. The second kappa shape index (κ2) is 9.07. The standard InChI is InChI=1S/C20H10ClFN4O6/c21-12-1-4-15(18(8-12)26(30)31)19-6-3-14(32-19)7-11(10-23)20(27)24-17-9-13(25(28)29)2-5-16(17)22/h1-9H,(H,24,27)/b11-7+. The molecule has 0 aliphatic heterocycles. The number of hydrogen-bond acceptors (Lipinski definition) is 7. The lowest BCUT2D eigenvalue weighted by molar-refractivity contribution is -0.384. The highest BCUT2D eigenvalue weighted by atomic mass is 35.5. The number of non-ortho nitro benzene ring substituents is 1. The van der Waals surface area contributed by atoms with E-state index >= 15 is 0 Å². The fraction of sp³-hybridized carbons (Fsp3) is 0. The van der Waals surface area contributed by atoms with Gasteiger partial charge in [0.1, 0.15) is 29.0 Å². The number of nitriles is 1. The Balaban J connectivity index is 1.89. The lowest BCUT2D eigenvalue weighted by atomic mass is 10.1. The second-order valence-corrected chi connectivity index (χ2v) is 6.60. The van der Waals surface area contributed by atoms with Gasteiger partial charge in [0.2, 0.25) is 0 Å². The highest BCUT2D eigenvalue weighted by molar-refractivity contribution is 6.30. The molecule has 0 fully saturated rings. The van der Waals surface area contributed by atoms with E-state index in [2.05, 4.69) is 5.32 Å². The highest BCUT2D eigenvalue weighted by Crippen LogP contribution is 2.33. The van der Waals surface area contributed by atoms with Crippen LogP contribution in [0.25, 0.3) is 17.4 Å². The van der Waals surface area contributed by atoms with E-state index in [1.165, 1.54) is 24.3 Å². The third-order valence-corrected chi connectivity index (χ3v) is 4.34. The molecular formula is C20H10ClFN4O6. The van der Waals surface area contributed by atoms with Crippen molar-refractivity contribution in [2.24, 2.45) is 0 Å². The fourth-order valence-electron chi connectivity index (χ4n) is 2.64. The van der Waals surface area contributed by atoms with Crippen LogP contribution in [0.1, 0.15) is 5.76 Å². The molecule has 2 aromatic carbocycles. The number of nitro benzene ring substituents is 2. The maximum absolute atomic E-state index is 13.9. The zero-order valence-electron chi connectivity index (χ0n) is 15.7. The van der Waals surface area contributed by atoms with Gasteiger partial charge in [-0.15, -0.1) is 0 Å². The molecule has 3 rings (SSSR count). The van der Waals surface area contributed by atoms with Crippen molar-refractivity contribution >= 4 is 40.6 Å². The van der Waals surface area contributed by atoms with Crippen LogP contribution >= 0.6 is 11.6 Å². The number of furan rings is 1. The number of halogens is 2. The summed E-state index contributed by atoms with van der Waals surface area (Å²) in [5.74, 6) is -1.88. The van der Waals surface area contributed by atoms with E-state index in [1.807, 2.05) is 0 Å². The average molecular weight is 457 g/mol. The van der Waals surface area contributed by atoms with E-state index in [-0.39, 0.29) is 27.8 Å². The van der Waals surface area contributed by atoms with Gasteiger partial charge < -0.3 is 9.73 Å². The maximum Gasteiger partial charge on any atom is 0.281 e. The van der Waals surface area contributed by atoms with E-state index in [0.717, 1.165) is 30.3 Å². The smallest absolute Gasteiger partial charge is 0.281 e. The third kappa shape index (κ3) is 4.77. The van der Waals surface area contributed by atoms with Crippen molar-refractivity contribution in [1.82, 2.24) is 0 Å². The Labute approximate surface area is 183 Å². The number of carbonyl (C=O) groups excluding carboxylic acids is 1. The van der Waals surface area contributed by atoms with Crippen LogP contribution in [0, 0.1) is 37.4 Å². The number of amides is 1. The minimum atomic E-state index is -1.04. The predicted octanol–water partition coefficient (Wildman–Crippen LogP) is 5.10. The van der Waals surface area contributed by atoms with Gasteiger partial charge in [-0.2, -0.15) is 5.26 Å². The first-order valence-corrected chi connectivity index (χ1v) is 8.98. The van der Waals surface area contributed by atoms with Crippen molar-refractivity contribution in [1.29, 1.82) is 5.26 Å². The topological polar surface area (TPSA) is 152 Å². The molecule has 12 heteroatoms. The Bertz CT molecular complexity index is 1330. The van der Waals surface area contributed by atoms with Crippen LogP contribution in [-0.4, -0.2) is 15.8 Å². The van der Waals surface area contributed by atoms with Crippen molar-refractivity contribution in [2.45, 2.75) is 0 Å². The summed E-state index contributed by atoms with van der Waals surface area (Å²) >= 11 is 5.79. The number of carbonyl (C=O) groups is 1. The zero-order chi connectivity index (χ0) is 23.4. The Hall–Kier alpha value is -4.56.